The van der Waals surface area contributed by atoms with Crippen molar-refractivity contribution in [2.45, 2.75) is 39.0 Å². The zero-order valence-corrected chi connectivity index (χ0v) is 13.4. The number of carbonyl (C=O) groups excluding carboxylic acids is 2. The molecular weight excluding hydrogens is 284 g/mol. The van der Waals surface area contributed by atoms with E-state index in [0.717, 1.165) is 6.42 Å². The van der Waals surface area contributed by atoms with Crippen LogP contribution in [0.25, 0.3) is 11.1 Å². The number of ketones is 2. The standard InChI is InChI=1S/C21H20O2/c1-14-10-16(15-6-3-2-4-7-15)11-17-12-21(13-18(14)17)19(22)8-5-9-20(21)23/h2-4,6-7,10-11H,5,8-9,12-13H2,1H3. The smallest absolute Gasteiger partial charge is 0.147 e. The van der Waals surface area contributed by atoms with Gasteiger partial charge in [0.05, 0.1) is 5.41 Å². The Morgan fingerprint density at radius 2 is 1.57 bits per heavy atom. The summed E-state index contributed by atoms with van der Waals surface area (Å²) >= 11 is 0. The Morgan fingerprint density at radius 3 is 2.26 bits per heavy atom. The van der Waals surface area contributed by atoms with E-state index in [1.807, 2.05) is 18.2 Å². The summed E-state index contributed by atoms with van der Waals surface area (Å²) in [5.74, 6) is 0.316. The van der Waals surface area contributed by atoms with Crippen LogP contribution in [0.3, 0.4) is 0 Å². The van der Waals surface area contributed by atoms with Crippen LogP contribution in [-0.4, -0.2) is 11.6 Å². The van der Waals surface area contributed by atoms with E-state index in [0.29, 0.717) is 25.7 Å². The zero-order chi connectivity index (χ0) is 16.0. The van der Waals surface area contributed by atoms with E-state index in [4.69, 9.17) is 0 Å². The third-order valence-corrected chi connectivity index (χ3v) is 5.52. The van der Waals surface area contributed by atoms with Gasteiger partial charge in [0.15, 0.2) is 0 Å². The van der Waals surface area contributed by atoms with Gasteiger partial charge in [-0.3, -0.25) is 9.59 Å². The summed E-state index contributed by atoms with van der Waals surface area (Å²) in [6, 6.07) is 14.7. The van der Waals surface area contributed by atoms with E-state index in [1.54, 1.807) is 0 Å². The fourth-order valence-electron chi connectivity index (χ4n) is 4.23. The lowest BCUT2D eigenvalue weighted by Crippen LogP contribution is -2.43. The number of fused-ring (bicyclic) bond motifs is 1. The van der Waals surface area contributed by atoms with E-state index in [2.05, 4.69) is 31.2 Å². The molecule has 2 nitrogen and oxygen atoms in total. The number of rotatable bonds is 1. The summed E-state index contributed by atoms with van der Waals surface area (Å²) in [4.78, 5) is 25.1. The molecule has 1 fully saturated rings. The molecule has 0 saturated heterocycles. The molecule has 0 aliphatic heterocycles. The molecule has 0 unspecified atom stereocenters. The second kappa shape index (κ2) is 5.16. The van der Waals surface area contributed by atoms with Gasteiger partial charge in [0, 0.05) is 12.8 Å². The minimum atomic E-state index is -0.749. The van der Waals surface area contributed by atoms with Crippen molar-refractivity contribution in [1.82, 2.24) is 0 Å². The monoisotopic (exact) mass is 304 g/mol. The van der Waals surface area contributed by atoms with E-state index >= 15 is 0 Å². The van der Waals surface area contributed by atoms with Gasteiger partial charge >= 0.3 is 0 Å². The van der Waals surface area contributed by atoms with Gasteiger partial charge in [0.1, 0.15) is 11.6 Å². The van der Waals surface area contributed by atoms with Crippen LogP contribution in [-0.2, 0) is 22.4 Å². The van der Waals surface area contributed by atoms with E-state index in [1.165, 1.54) is 27.8 Å². The lowest BCUT2D eigenvalue weighted by Gasteiger charge is -2.29. The summed E-state index contributed by atoms with van der Waals surface area (Å²) in [6.45, 7) is 2.10. The minimum Gasteiger partial charge on any atom is -0.299 e. The molecule has 1 saturated carbocycles. The maximum Gasteiger partial charge on any atom is 0.147 e. The first-order chi connectivity index (χ1) is 11.1. The first-order valence-electron chi connectivity index (χ1n) is 8.34. The topological polar surface area (TPSA) is 34.1 Å². The Labute approximate surface area is 136 Å². The Bertz CT molecular complexity index is 786. The molecule has 0 N–H and O–H groups in total. The summed E-state index contributed by atoms with van der Waals surface area (Å²) in [5.41, 5.74) is 5.21. The number of carbonyl (C=O) groups is 2. The maximum atomic E-state index is 12.5. The highest BCUT2D eigenvalue weighted by atomic mass is 16.2. The Kier molecular flexibility index (Phi) is 3.22. The molecule has 0 bridgehead atoms. The Hall–Kier alpha value is -2.22. The molecule has 0 atom stereocenters. The SMILES string of the molecule is Cc1cc(-c2ccccc2)cc2c1CC1(C2)C(=O)CCCC1=O. The minimum absolute atomic E-state index is 0.158. The second-order valence-electron chi connectivity index (χ2n) is 6.93. The zero-order valence-electron chi connectivity index (χ0n) is 13.4. The first-order valence-corrected chi connectivity index (χ1v) is 8.34. The van der Waals surface area contributed by atoms with Crippen LogP contribution in [0.4, 0.5) is 0 Å². The van der Waals surface area contributed by atoms with Crippen LogP contribution in [0.5, 0.6) is 0 Å². The van der Waals surface area contributed by atoms with Gasteiger partial charge in [-0.05, 0) is 54.0 Å². The molecule has 0 radical (unpaired) electrons. The van der Waals surface area contributed by atoms with Crippen molar-refractivity contribution in [3.05, 3.63) is 59.2 Å². The number of benzene rings is 2. The average molecular weight is 304 g/mol. The molecule has 2 heteroatoms. The van der Waals surface area contributed by atoms with Gasteiger partial charge < -0.3 is 0 Å². The van der Waals surface area contributed by atoms with Crippen molar-refractivity contribution in [3.63, 3.8) is 0 Å². The lowest BCUT2D eigenvalue weighted by atomic mass is 9.70. The fourth-order valence-corrected chi connectivity index (χ4v) is 4.23. The molecule has 1 spiro atoms. The summed E-state index contributed by atoms with van der Waals surface area (Å²) in [5, 5.41) is 0. The predicted molar refractivity (Wildman–Crippen MR) is 90.3 cm³/mol. The highest BCUT2D eigenvalue weighted by Crippen LogP contribution is 2.45. The van der Waals surface area contributed by atoms with E-state index in [-0.39, 0.29) is 11.6 Å². The molecule has 0 heterocycles. The Balaban J connectivity index is 1.79. The van der Waals surface area contributed by atoms with Crippen LogP contribution in [0.2, 0.25) is 0 Å². The van der Waals surface area contributed by atoms with Crippen molar-refractivity contribution in [1.29, 1.82) is 0 Å². The second-order valence-corrected chi connectivity index (χ2v) is 6.93. The molecule has 2 aliphatic rings. The van der Waals surface area contributed by atoms with Gasteiger partial charge in [-0.15, -0.1) is 0 Å². The fraction of sp³-hybridized carbons (Fsp3) is 0.333. The summed E-state index contributed by atoms with van der Waals surface area (Å²) < 4.78 is 0. The molecule has 116 valence electrons. The van der Waals surface area contributed by atoms with E-state index in [9.17, 15) is 9.59 Å². The normalized spacial score (nSPS) is 19.2. The van der Waals surface area contributed by atoms with Gasteiger partial charge in [0.25, 0.3) is 0 Å². The molecule has 23 heavy (non-hydrogen) atoms. The van der Waals surface area contributed by atoms with Gasteiger partial charge in [-0.25, -0.2) is 0 Å². The molecule has 2 aromatic rings. The molecule has 2 aromatic carbocycles. The van der Waals surface area contributed by atoms with Crippen molar-refractivity contribution in [2.75, 3.05) is 0 Å². The molecule has 2 aliphatic carbocycles. The van der Waals surface area contributed by atoms with Crippen molar-refractivity contribution < 1.29 is 9.59 Å². The van der Waals surface area contributed by atoms with Crippen molar-refractivity contribution >= 4 is 11.6 Å². The quantitative estimate of drug-likeness (QED) is 0.744. The number of hydrogen-bond donors (Lipinski definition) is 0. The van der Waals surface area contributed by atoms with Gasteiger partial charge in [-0.1, -0.05) is 42.5 Å². The van der Waals surface area contributed by atoms with E-state index < -0.39 is 5.41 Å². The van der Waals surface area contributed by atoms with Crippen LogP contribution < -0.4 is 0 Å². The van der Waals surface area contributed by atoms with Gasteiger partial charge in [0.2, 0.25) is 0 Å². The molecule has 4 rings (SSSR count). The number of hydrogen-bond acceptors (Lipinski definition) is 2. The molecule has 0 amide bonds. The highest BCUT2D eigenvalue weighted by Gasteiger charge is 2.50. The highest BCUT2D eigenvalue weighted by molar-refractivity contribution is 6.10. The van der Waals surface area contributed by atoms with Crippen LogP contribution >= 0.6 is 0 Å². The van der Waals surface area contributed by atoms with Crippen molar-refractivity contribution in [2.24, 2.45) is 5.41 Å². The lowest BCUT2D eigenvalue weighted by molar-refractivity contribution is -0.143. The van der Waals surface area contributed by atoms with Crippen LogP contribution in [0, 0.1) is 12.3 Å². The number of aryl methyl sites for hydroxylation is 1. The first kappa shape index (κ1) is 14.4. The van der Waals surface area contributed by atoms with Crippen LogP contribution in [0.15, 0.2) is 42.5 Å². The largest absolute Gasteiger partial charge is 0.299 e. The third-order valence-electron chi connectivity index (χ3n) is 5.52. The Morgan fingerprint density at radius 1 is 0.870 bits per heavy atom. The van der Waals surface area contributed by atoms with Gasteiger partial charge in [-0.2, -0.15) is 0 Å². The average Bonchev–Trinajstić information content (AvgIpc) is 2.95. The molecular formula is C21H20O2. The van der Waals surface area contributed by atoms with Crippen LogP contribution in [0.1, 0.15) is 36.0 Å². The maximum absolute atomic E-state index is 12.5. The number of Topliss-reactive ketones (excluding diaryl/α,β-unsaturated/α-hetero) is 2. The summed E-state index contributed by atoms with van der Waals surface area (Å²) in [6.07, 6.45) is 3.06. The predicted octanol–water partition coefficient (Wildman–Crippen LogP) is 4.07. The van der Waals surface area contributed by atoms with Crippen molar-refractivity contribution in [3.8, 4) is 11.1 Å². The third kappa shape index (κ3) is 2.16. The molecule has 0 aromatic heterocycles. The summed E-state index contributed by atoms with van der Waals surface area (Å²) in [7, 11) is 0.